The van der Waals surface area contributed by atoms with Crippen molar-refractivity contribution in [3.05, 3.63) is 30.3 Å². The molecule has 0 heterocycles. The maximum atomic E-state index is 10.2. The molecule has 1 aliphatic rings. The molecular formula is C14H20OTe. The van der Waals surface area contributed by atoms with Gasteiger partial charge in [-0.05, 0) is 0 Å². The standard InChI is InChI=1S/C14H20OTe/c15-13-10-6-1-2-7-11-14(13)16-12-8-4-3-5-9-12/h3-5,8-9,13-15H,1-2,6-7,10-11H2. The molecule has 2 atom stereocenters. The summed E-state index contributed by atoms with van der Waals surface area (Å²) in [6.07, 6.45) is 7.47. The average Bonchev–Trinajstić information content (AvgIpc) is 2.30. The molecule has 0 saturated heterocycles. The predicted molar refractivity (Wildman–Crippen MR) is 69.3 cm³/mol. The summed E-state index contributed by atoms with van der Waals surface area (Å²) in [6, 6.07) is 10.8. The van der Waals surface area contributed by atoms with Gasteiger partial charge in [-0.15, -0.1) is 0 Å². The van der Waals surface area contributed by atoms with Gasteiger partial charge >= 0.3 is 109 Å². The number of benzene rings is 1. The SMILES string of the molecule is OC1CCCCCCC1[Te]c1ccccc1. The Hall–Kier alpha value is -0.0304. The molecule has 2 heteroatoms. The Labute approximate surface area is 108 Å². The Bertz CT molecular complexity index is 299. The molecule has 1 nitrogen and oxygen atoms in total. The van der Waals surface area contributed by atoms with Crippen LogP contribution < -0.4 is 3.61 Å². The molecule has 1 aromatic carbocycles. The van der Waals surface area contributed by atoms with Crippen LogP contribution in [0.1, 0.15) is 38.5 Å². The Morgan fingerprint density at radius 2 is 1.62 bits per heavy atom. The van der Waals surface area contributed by atoms with Crippen molar-refractivity contribution in [2.24, 2.45) is 0 Å². The average molecular weight is 332 g/mol. The Morgan fingerprint density at radius 1 is 0.938 bits per heavy atom. The Morgan fingerprint density at radius 3 is 2.38 bits per heavy atom. The summed E-state index contributed by atoms with van der Waals surface area (Å²) in [5, 5.41) is 10.2. The molecule has 1 aromatic rings. The number of aliphatic hydroxyl groups excluding tert-OH is 1. The van der Waals surface area contributed by atoms with E-state index in [0.717, 1.165) is 6.42 Å². The van der Waals surface area contributed by atoms with E-state index in [1.54, 1.807) is 0 Å². The second kappa shape index (κ2) is 6.64. The second-order valence-electron chi connectivity index (χ2n) is 4.53. The summed E-state index contributed by atoms with van der Waals surface area (Å²) in [7, 11) is 0. The van der Waals surface area contributed by atoms with Gasteiger partial charge in [0, 0.05) is 0 Å². The van der Waals surface area contributed by atoms with E-state index in [0.29, 0.717) is 3.97 Å². The van der Waals surface area contributed by atoms with Crippen LogP contribution in [0.2, 0.25) is 3.97 Å². The topological polar surface area (TPSA) is 20.2 Å². The summed E-state index contributed by atoms with van der Waals surface area (Å²) in [5.74, 6) is 0. The van der Waals surface area contributed by atoms with Gasteiger partial charge in [0.05, 0.1) is 0 Å². The van der Waals surface area contributed by atoms with E-state index in [9.17, 15) is 5.11 Å². The number of hydrogen-bond acceptors (Lipinski definition) is 1. The van der Waals surface area contributed by atoms with Crippen LogP contribution in [0.4, 0.5) is 0 Å². The molecule has 0 amide bonds. The minimum atomic E-state index is -0.207. The summed E-state index contributed by atoms with van der Waals surface area (Å²) in [6.45, 7) is 0. The first-order chi connectivity index (χ1) is 7.86. The molecular weight excluding hydrogens is 312 g/mol. The molecule has 2 rings (SSSR count). The zero-order valence-electron chi connectivity index (χ0n) is 9.64. The number of rotatable bonds is 2. The summed E-state index contributed by atoms with van der Waals surface area (Å²) in [4.78, 5) is 0. The van der Waals surface area contributed by atoms with Crippen LogP contribution >= 0.6 is 0 Å². The molecule has 0 radical (unpaired) electrons. The molecule has 1 saturated carbocycles. The van der Waals surface area contributed by atoms with E-state index in [1.165, 1.54) is 35.7 Å². The summed E-state index contributed by atoms with van der Waals surface area (Å²) < 4.78 is 2.10. The van der Waals surface area contributed by atoms with E-state index in [4.69, 9.17) is 0 Å². The van der Waals surface area contributed by atoms with Crippen LogP contribution in [-0.4, -0.2) is 32.1 Å². The van der Waals surface area contributed by atoms with Gasteiger partial charge in [-0.25, -0.2) is 0 Å². The first-order valence-electron chi connectivity index (χ1n) is 6.26. The molecule has 1 N–H and O–H groups in total. The first-order valence-corrected chi connectivity index (χ1v) is 8.77. The van der Waals surface area contributed by atoms with Gasteiger partial charge in [-0.3, -0.25) is 0 Å². The van der Waals surface area contributed by atoms with Crippen molar-refractivity contribution < 1.29 is 5.11 Å². The summed E-state index contributed by atoms with van der Waals surface area (Å²) in [5.41, 5.74) is 0. The third-order valence-corrected chi connectivity index (χ3v) is 7.19. The van der Waals surface area contributed by atoms with Gasteiger partial charge in [0.15, 0.2) is 0 Å². The van der Waals surface area contributed by atoms with Crippen LogP contribution in [0.3, 0.4) is 0 Å². The van der Waals surface area contributed by atoms with Gasteiger partial charge in [-0.2, -0.15) is 0 Å². The number of hydrogen-bond donors (Lipinski definition) is 1. The fourth-order valence-corrected chi connectivity index (χ4v) is 5.79. The number of aliphatic hydroxyl groups is 1. The second-order valence-corrected chi connectivity index (χ2v) is 8.27. The van der Waals surface area contributed by atoms with E-state index in [-0.39, 0.29) is 27.0 Å². The van der Waals surface area contributed by atoms with Crippen molar-refractivity contribution in [3.63, 3.8) is 0 Å². The third-order valence-electron chi connectivity index (χ3n) is 3.20. The van der Waals surface area contributed by atoms with Gasteiger partial charge in [0.1, 0.15) is 0 Å². The fourth-order valence-electron chi connectivity index (χ4n) is 2.24. The normalized spacial score (nSPS) is 27.1. The zero-order chi connectivity index (χ0) is 11.2. The molecule has 88 valence electrons. The molecule has 0 spiro atoms. The zero-order valence-corrected chi connectivity index (χ0v) is 12.0. The van der Waals surface area contributed by atoms with Crippen molar-refractivity contribution >= 4 is 24.5 Å². The van der Waals surface area contributed by atoms with Crippen molar-refractivity contribution in [2.75, 3.05) is 0 Å². The molecule has 0 aromatic heterocycles. The molecule has 2 unspecified atom stereocenters. The predicted octanol–water partition coefficient (Wildman–Crippen LogP) is 2.52. The van der Waals surface area contributed by atoms with Gasteiger partial charge in [0.2, 0.25) is 0 Å². The quantitative estimate of drug-likeness (QED) is 0.826. The van der Waals surface area contributed by atoms with Crippen molar-refractivity contribution in [2.45, 2.75) is 48.6 Å². The Kier molecular flexibility index (Phi) is 5.16. The van der Waals surface area contributed by atoms with Crippen LogP contribution in [-0.2, 0) is 0 Å². The van der Waals surface area contributed by atoms with Crippen LogP contribution in [0.25, 0.3) is 0 Å². The van der Waals surface area contributed by atoms with E-state index >= 15 is 0 Å². The maximum absolute atomic E-state index is 10.2. The van der Waals surface area contributed by atoms with E-state index in [1.807, 2.05) is 0 Å². The summed E-state index contributed by atoms with van der Waals surface area (Å²) >= 11 is -0.207. The van der Waals surface area contributed by atoms with Crippen LogP contribution in [0.5, 0.6) is 0 Å². The monoisotopic (exact) mass is 334 g/mol. The van der Waals surface area contributed by atoms with Gasteiger partial charge < -0.3 is 0 Å². The van der Waals surface area contributed by atoms with Crippen molar-refractivity contribution in [1.29, 1.82) is 0 Å². The van der Waals surface area contributed by atoms with Gasteiger partial charge in [-0.1, -0.05) is 0 Å². The molecule has 0 aliphatic heterocycles. The molecule has 16 heavy (non-hydrogen) atoms. The third kappa shape index (κ3) is 3.77. The van der Waals surface area contributed by atoms with Crippen LogP contribution in [0, 0.1) is 0 Å². The van der Waals surface area contributed by atoms with E-state index in [2.05, 4.69) is 30.3 Å². The molecule has 1 aliphatic carbocycles. The minimum absolute atomic E-state index is 0.0251. The van der Waals surface area contributed by atoms with Crippen molar-refractivity contribution in [1.82, 2.24) is 0 Å². The van der Waals surface area contributed by atoms with Crippen molar-refractivity contribution in [3.8, 4) is 0 Å². The van der Waals surface area contributed by atoms with Crippen LogP contribution in [0.15, 0.2) is 30.3 Å². The Balaban J connectivity index is 1.95. The molecule has 1 fully saturated rings. The molecule has 0 bridgehead atoms. The first kappa shape index (κ1) is 12.4. The van der Waals surface area contributed by atoms with Gasteiger partial charge in [0.25, 0.3) is 0 Å². The fraction of sp³-hybridized carbons (Fsp3) is 0.571. The van der Waals surface area contributed by atoms with E-state index < -0.39 is 0 Å².